The van der Waals surface area contributed by atoms with Gasteiger partial charge in [-0.15, -0.1) is 0 Å². The SMILES string of the molecule is COc1ccc(C(=N)C[N+](=O)[O-])cc1. The molecule has 74 valence electrons. The minimum absolute atomic E-state index is 0.00217. The highest BCUT2D eigenvalue weighted by atomic mass is 16.6. The molecule has 0 radical (unpaired) electrons. The van der Waals surface area contributed by atoms with Crippen molar-refractivity contribution in [2.45, 2.75) is 0 Å². The number of nitrogens with one attached hydrogen (secondary N) is 1. The molecule has 0 heterocycles. The number of nitro groups is 1. The average Bonchev–Trinajstić information content (AvgIpc) is 2.17. The van der Waals surface area contributed by atoms with Crippen molar-refractivity contribution in [1.82, 2.24) is 0 Å². The Labute approximate surface area is 81.0 Å². The van der Waals surface area contributed by atoms with Gasteiger partial charge < -0.3 is 4.74 Å². The Morgan fingerprint density at radius 1 is 1.50 bits per heavy atom. The van der Waals surface area contributed by atoms with E-state index in [1.807, 2.05) is 0 Å². The highest BCUT2D eigenvalue weighted by molar-refractivity contribution is 5.99. The fourth-order valence-corrected chi connectivity index (χ4v) is 1.01. The number of ether oxygens (including phenoxy) is 1. The quantitative estimate of drug-likeness (QED) is 0.446. The van der Waals surface area contributed by atoms with E-state index in [2.05, 4.69) is 0 Å². The van der Waals surface area contributed by atoms with Crippen LogP contribution in [0.25, 0.3) is 0 Å². The third-order valence-electron chi connectivity index (χ3n) is 1.73. The lowest BCUT2D eigenvalue weighted by Gasteiger charge is -2.01. The van der Waals surface area contributed by atoms with Gasteiger partial charge in [-0.2, -0.15) is 0 Å². The van der Waals surface area contributed by atoms with Crippen molar-refractivity contribution in [1.29, 1.82) is 5.41 Å². The lowest BCUT2D eigenvalue weighted by molar-refractivity contribution is -0.463. The Bertz CT molecular complexity index is 346. The Morgan fingerprint density at radius 2 is 2.07 bits per heavy atom. The standard InChI is InChI=1S/C9H10N2O3/c1-14-8-4-2-7(3-5-8)9(10)6-11(12)13/h2-5,10H,6H2,1H3. The van der Waals surface area contributed by atoms with Crippen molar-refractivity contribution < 1.29 is 9.66 Å². The number of nitrogens with zero attached hydrogens (tertiary/aromatic N) is 1. The molecule has 0 aliphatic heterocycles. The van der Waals surface area contributed by atoms with E-state index in [4.69, 9.17) is 10.1 Å². The zero-order valence-electron chi connectivity index (χ0n) is 7.69. The number of benzene rings is 1. The largest absolute Gasteiger partial charge is 0.497 e. The fourth-order valence-electron chi connectivity index (χ4n) is 1.01. The van der Waals surface area contributed by atoms with Crippen molar-refractivity contribution in [3.63, 3.8) is 0 Å². The van der Waals surface area contributed by atoms with Crippen LogP contribution < -0.4 is 4.74 Å². The average molecular weight is 194 g/mol. The Balaban J connectivity index is 2.76. The second-order valence-corrected chi connectivity index (χ2v) is 2.70. The minimum atomic E-state index is -0.521. The van der Waals surface area contributed by atoms with Gasteiger partial charge in [-0.1, -0.05) is 0 Å². The van der Waals surface area contributed by atoms with Gasteiger partial charge in [-0.05, 0) is 24.3 Å². The van der Waals surface area contributed by atoms with E-state index < -0.39 is 11.5 Å². The predicted octanol–water partition coefficient (Wildman–Crippen LogP) is 1.34. The third kappa shape index (κ3) is 2.55. The normalized spacial score (nSPS) is 9.50. The van der Waals surface area contributed by atoms with Crippen LogP contribution in [-0.4, -0.2) is 24.3 Å². The molecule has 1 N–H and O–H groups in total. The molecule has 14 heavy (non-hydrogen) atoms. The third-order valence-corrected chi connectivity index (χ3v) is 1.73. The first-order valence-corrected chi connectivity index (χ1v) is 3.97. The monoisotopic (exact) mass is 194 g/mol. The molecule has 0 bridgehead atoms. The van der Waals surface area contributed by atoms with Crippen molar-refractivity contribution in [3.8, 4) is 5.75 Å². The van der Waals surface area contributed by atoms with Crippen LogP contribution in [0.1, 0.15) is 5.56 Å². The minimum Gasteiger partial charge on any atom is -0.497 e. The molecule has 0 aliphatic rings. The summed E-state index contributed by atoms with van der Waals surface area (Å²) < 4.78 is 4.93. The van der Waals surface area contributed by atoms with Gasteiger partial charge in [0, 0.05) is 10.5 Å². The van der Waals surface area contributed by atoms with Crippen LogP contribution in [0.2, 0.25) is 0 Å². The number of rotatable bonds is 4. The Kier molecular flexibility index (Phi) is 3.17. The molecule has 0 atom stereocenters. The van der Waals surface area contributed by atoms with Gasteiger partial charge >= 0.3 is 0 Å². The summed E-state index contributed by atoms with van der Waals surface area (Å²) in [7, 11) is 1.54. The van der Waals surface area contributed by atoms with Crippen LogP contribution in [0, 0.1) is 15.5 Å². The van der Waals surface area contributed by atoms with E-state index in [0.29, 0.717) is 11.3 Å². The molecule has 0 fully saturated rings. The molecule has 0 unspecified atom stereocenters. The van der Waals surface area contributed by atoms with Crippen LogP contribution >= 0.6 is 0 Å². The van der Waals surface area contributed by atoms with Crippen molar-refractivity contribution in [3.05, 3.63) is 39.9 Å². The second-order valence-electron chi connectivity index (χ2n) is 2.70. The van der Waals surface area contributed by atoms with E-state index in [0.717, 1.165) is 0 Å². The molecule has 0 amide bonds. The molecule has 1 aromatic rings. The van der Waals surface area contributed by atoms with Crippen LogP contribution in [0.3, 0.4) is 0 Å². The Morgan fingerprint density at radius 3 is 2.50 bits per heavy atom. The summed E-state index contributed by atoms with van der Waals surface area (Å²) in [5.41, 5.74) is 0.542. The first-order valence-electron chi connectivity index (χ1n) is 3.97. The fraction of sp³-hybridized carbons (Fsp3) is 0.222. The summed E-state index contributed by atoms with van der Waals surface area (Å²) in [5, 5.41) is 17.6. The lowest BCUT2D eigenvalue weighted by atomic mass is 10.1. The summed E-state index contributed by atoms with van der Waals surface area (Å²) in [4.78, 5) is 9.62. The van der Waals surface area contributed by atoms with Gasteiger partial charge in [0.15, 0.2) is 0 Å². The summed E-state index contributed by atoms with van der Waals surface area (Å²) in [6.07, 6.45) is 0. The number of hydrogen-bond donors (Lipinski definition) is 1. The van der Waals surface area contributed by atoms with E-state index in [9.17, 15) is 10.1 Å². The van der Waals surface area contributed by atoms with Crippen molar-refractivity contribution in [2.24, 2.45) is 0 Å². The molecule has 0 saturated heterocycles. The van der Waals surface area contributed by atoms with E-state index in [-0.39, 0.29) is 5.71 Å². The summed E-state index contributed by atoms with van der Waals surface area (Å²) in [5.74, 6) is 0.669. The van der Waals surface area contributed by atoms with Crippen LogP contribution in [0.15, 0.2) is 24.3 Å². The summed E-state index contributed by atoms with van der Waals surface area (Å²) in [6, 6.07) is 6.60. The molecule has 1 rings (SSSR count). The van der Waals surface area contributed by atoms with Gasteiger partial charge in [0.2, 0.25) is 6.54 Å². The van der Waals surface area contributed by atoms with E-state index in [1.165, 1.54) is 7.11 Å². The molecule has 0 aliphatic carbocycles. The maximum Gasteiger partial charge on any atom is 0.245 e. The van der Waals surface area contributed by atoms with Gasteiger partial charge in [-0.3, -0.25) is 15.5 Å². The number of hydrogen-bond acceptors (Lipinski definition) is 4. The topological polar surface area (TPSA) is 76.2 Å². The molecule has 0 spiro atoms. The first kappa shape index (κ1) is 10.2. The maximum absolute atomic E-state index is 10.1. The van der Waals surface area contributed by atoms with Crippen molar-refractivity contribution >= 4 is 5.71 Å². The predicted molar refractivity (Wildman–Crippen MR) is 51.7 cm³/mol. The summed E-state index contributed by atoms with van der Waals surface area (Å²) >= 11 is 0. The zero-order valence-corrected chi connectivity index (χ0v) is 7.69. The smallest absolute Gasteiger partial charge is 0.245 e. The summed E-state index contributed by atoms with van der Waals surface area (Å²) in [6.45, 7) is -0.452. The molecule has 0 aromatic heterocycles. The molecule has 5 heteroatoms. The molecular formula is C9H10N2O3. The molecule has 1 aromatic carbocycles. The second kappa shape index (κ2) is 4.36. The molecule has 5 nitrogen and oxygen atoms in total. The highest BCUT2D eigenvalue weighted by Crippen LogP contribution is 2.11. The van der Waals surface area contributed by atoms with Crippen molar-refractivity contribution in [2.75, 3.05) is 13.7 Å². The van der Waals surface area contributed by atoms with Gasteiger partial charge in [0.1, 0.15) is 11.5 Å². The van der Waals surface area contributed by atoms with Crippen LogP contribution in [0.5, 0.6) is 5.75 Å². The van der Waals surface area contributed by atoms with Gasteiger partial charge in [-0.25, -0.2) is 0 Å². The first-order chi connectivity index (χ1) is 6.63. The van der Waals surface area contributed by atoms with Crippen LogP contribution in [-0.2, 0) is 0 Å². The van der Waals surface area contributed by atoms with E-state index in [1.54, 1.807) is 24.3 Å². The lowest BCUT2D eigenvalue weighted by Crippen LogP contribution is -2.13. The molecule has 0 saturated carbocycles. The molecular weight excluding hydrogens is 184 g/mol. The highest BCUT2D eigenvalue weighted by Gasteiger charge is 2.07. The van der Waals surface area contributed by atoms with Gasteiger partial charge in [0.25, 0.3) is 0 Å². The van der Waals surface area contributed by atoms with Crippen LogP contribution in [0.4, 0.5) is 0 Å². The Hall–Kier alpha value is -1.91. The maximum atomic E-state index is 10.1. The zero-order chi connectivity index (χ0) is 10.6. The van der Waals surface area contributed by atoms with E-state index >= 15 is 0 Å². The van der Waals surface area contributed by atoms with Gasteiger partial charge in [0.05, 0.1) is 7.11 Å². The number of methoxy groups -OCH3 is 1.